The maximum Gasteiger partial charge on any atom is 0.337 e. The van der Waals surface area contributed by atoms with E-state index in [0.717, 1.165) is 5.56 Å². The van der Waals surface area contributed by atoms with Crippen LogP contribution in [0.2, 0.25) is 0 Å². The van der Waals surface area contributed by atoms with Crippen LogP contribution in [0.25, 0.3) is 0 Å². The zero-order valence-electron chi connectivity index (χ0n) is 11.2. The zero-order chi connectivity index (χ0) is 15.4. The number of nitrogens with two attached hydrogens (primary N) is 1. The Balaban J connectivity index is 2.11. The lowest BCUT2D eigenvalue weighted by atomic mass is 10.2. The van der Waals surface area contributed by atoms with Gasteiger partial charge in [0.2, 0.25) is 0 Å². The summed E-state index contributed by atoms with van der Waals surface area (Å²) in [4.78, 5) is 11.4. The maximum atomic E-state index is 13.0. The average molecular weight is 354 g/mol. The van der Waals surface area contributed by atoms with Gasteiger partial charge in [0.05, 0.1) is 18.4 Å². The molecule has 0 saturated heterocycles. The Hall–Kier alpha value is -2.08. The number of hydrogen-bond acceptors (Lipinski definition) is 4. The van der Waals surface area contributed by atoms with Crippen LogP contribution in [0.3, 0.4) is 0 Å². The molecule has 0 fully saturated rings. The summed E-state index contributed by atoms with van der Waals surface area (Å²) < 4.78 is 23.8. The maximum absolute atomic E-state index is 13.0. The monoisotopic (exact) mass is 353 g/mol. The lowest BCUT2D eigenvalue weighted by Crippen LogP contribution is -2.04. The lowest BCUT2D eigenvalue weighted by Gasteiger charge is -2.11. The number of carbonyl (C=O) groups is 1. The number of hydrogen-bond donors (Lipinski definition) is 1. The van der Waals surface area contributed by atoms with E-state index < -0.39 is 5.97 Å². The number of rotatable bonds is 4. The number of carbonyl (C=O) groups excluding carboxylic acids is 1. The first kappa shape index (κ1) is 15.3. The summed E-state index contributed by atoms with van der Waals surface area (Å²) in [5, 5.41) is 0. The number of ether oxygens (including phenoxy) is 2. The van der Waals surface area contributed by atoms with Gasteiger partial charge in [-0.25, -0.2) is 9.18 Å². The first-order valence-corrected chi connectivity index (χ1v) is 6.85. The summed E-state index contributed by atoms with van der Waals surface area (Å²) in [6.07, 6.45) is 0. The van der Waals surface area contributed by atoms with Gasteiger partial charge in [-0.2, -0.15) is 0 Å². The number of halogens is 2. The highest BCUT2D eigenvalue weighted by molar-refractivity contribution is 9.10. The predicted octanol–water partition coefficient (Wildman–Crippen LogP) is 3.54. The first-order chi connectivity index (χ1) is 10.0. The van der Waals surface area contributed by atoms with Gasteiger partial charge in [-0.1, -0.05) is 22.0 Å². The molecule has 0 heterocycles. The van der Waals surface area contributed by atoms with Crippen LogP contribution in [0.5, 0.6) is 5.75 Å². The molecule has 0 aliphatic heterocycles. The SMILES string of the molecule is COC(=O)c1ccc(OCc2ccc(F)cc2Br)c(N)c1. The minimum atomic E-state index is -0.463. The zero-order valence-corrected chi connectivity index (χ0v) is 12.8. The van der Waals surface area contributed by atoms with E-state index in [1.54, 1.807) is 18.2 Å². The van der Waals surface area contributed by atoms with Gasteiger partial charge >= 0.3 is 5.97 Å². The van der Waals surface area contributed by atoms with Crippen molar-refractivity contribution in [3.8, 4) is 5.75 Å². The average Bonchev–Trinajstić information content (AvgIpc) is 2.46. The van der Waals surface area contributed by atoms with Crippen molar-refractivity contribution in [3.05, 3.63) is 57.8 Å². The fraction of sp³-hybridized carbons (Fsp3) is 0.133. The first-order valence-electron chi connectivity index (χ1n) is 6.06. The second-order valence-electron chi connectivity index (χ2n) is 4.27. The highest BCUT2D eigenvalue weighted by Gasteiger charge is 2.09. The number of benzene rings is 2. The summed E-state index contributed by atoms with van der Waals surface area (Å²) in [6, 6.07) is 8.99. The number of anilines is 1. The van der Waals surface area contributed by atoms with Crippen LogP contribution in [0, 0.1) is 5.82 Å². The van der Waals surface area contributed by atoms with E-state index in [9.17, 15) is 9.18 Å². The highest BCUT2D eigenvalue weighted by atomic mass is 79.9. The molecule has 0 atom stereocenters. The fourth-order valence-corrected chi connectivity index (χ4v) is 2.18. The van der Waals surface area contributed by atoms with E-state index in [-0.39, 0.29) is 12.4 Å². The molecule has 0 unspecified atom stereocenters. The molecule has 0 aromatic heterocycles. The van der Waals surface area contributed by atoms with Crippen LogP contribution >= 0.6 is 15.9 Å². The smallest absolute Gasteiger partial charge is 0.337 e. The molecule has 0 amide bonds. The second kappa shape index (κ2) is 6.58. The molecule has 6 heteroatoms. The van der Waals surface area contributed by atoms with Crippen LogP contribution in [0.1, 0.15) is 15.9 Å². The molecule has 2 aromatic rings. The third kappa shape index (κ3) is 3.72. The molecular formula is C15H13BrFNO3. The third-order valence-corrected chi connectivity index (χ3v) is 3.57. The predicted molar refractivity (Wildman–Crippen MR) is 80.6 cm³/mol. The van der Waals surface area contributed by atoms with Crippen molar-refractivity contribution in [3.63, 3.8) is 0 Å². The van der Waals surface area contributed by atoms with Gasteiger partial charge in [-0.15, -0.1) is 0 Å². The van der Waals surface area contributed by atoms with Crippen molar-refractivity contribution < 1.29 is 18.7 Å². The van der Waals surface area contributed by atoms with Gasteiger partial charge < -0.3 is 15.2 Å². The van der Waals surface area contributed by atoms with Gasteiger partial charge in [-0.05, 0) is 30.3 Å². The van der Waals surface area contributed by atoms with Crippen molar-refractivity contribution in [1.29, 1.82) is 0 Å². The van der Waals surface area contributed by atoms with Gasteiger partial charge in [0.1, 0.15) is 18.2 Å². The molecule has 110 valence electrons. The molecule has 0 bridgehead atoms. The van der Waals surface area contributed by atoms with Crippen LogP contribution in [-0.2, 0) is 11.3 Å². The van der Waals surface area contributed by atoms with E-state index in [1.807, 2.05) is 0 Å². The minimum Gasteiger partial charge on any atom is -0.487 e. The molecule has 0 aliphatic rings. The molecule has 2 aromatic carbocycles. The van der Waals surface area contributed by atoms with Crippen molar-refractivity contribution in [1.82, 2.24) is 0 Å². The van der Waals surface area contributed by atoms with Gasteiger partial charge in [-0.3, -0.25) is 0 Å². The summed E-state index contributed by atoms with van der Waals surface area (Å²) in [5.74, 6) is -0.346. The Morgan fingerprint density at radius 2 is 2.05 bits per heavy atom. The van der Waals surface area contributed by atoms with Crippen molar-refractivity contribution in [2.45, 2.75) is 6.61 Å². The summed E-state index contributed by atoms with van der Waals surface area (Å²) in [7, 11) is 1.30. The Bertz CT molecular complexity index is 676. The minimum absolute atomic E-state index is 0.225. The van der Waals surface area contributed by atoms with Crippen molar-refractivity contribution in [2.75, 3.05) is 12.8 Å². The largest absolute Gasteiger partial charge is 0.487 e. The molecule has 21 heavy (non-hydrogen) atoms. The van der Waals surface area contributed by atoms with Crippen LogP contribution < -0.4 is 10.5 Å². The summed E-state index contributed by atoms with van der Waals surface area (Å²) in [6.45, 7) is 0.225. The molecular weight excluding hydrogens is 341 g/mol. The topological polar surface area (TPSA) is 61.5 Å². The number of methoxy groups -OCH3 is 1. The van der Waals surface area contributed by atoms with Crippen molar-refractivity contribution in [2.24, 2.45) is 0 Å². The Labute approximate surface area is 129 Å². The Morgan fingerprint density at radius 3 is 2.67 bits per heavy atom. The molecule has 2 N–H and O–H groups in total. The number of nitrogen functional groups attached to an aromatic ring is 1. The fourth-order valence-electron chi connectivity index (χ4n) is 1.72. The molecule has 0 spiro atoms. The Morgan fingerprint density at radius 1 is 1.29 bits per heavy atom. The Kier molecular flexibility index (Phi) is 4.80. The van der Waals surface area contributed by atoms with E-state index in [1.165, 1.54) is 25.3 Å². The van der Waals surface area contributed by atoms with Crippen LogP contribution in [0.4, 0.5) is 10.1 Å². The summed E-state index contributed by atoms with van der Waals surface area (Å²) in [5.41, 5.74) is 7.30. The van der Waals surface area contributed by atoms with Crippen LogP contribution in [0.15, 0.2) is 40.9 Å². The highest BCUT2D eigenvalue weighted by Crippen LogP contribution is 2.25. The van der Waals surface area contributed by atoms with Gasteiger partial charge in [0.15, 0.2) is 0 Å². The van der Waals surface area contributed by atoms with Gasteiger partial charge in [0, 0.05) is 10.0 Å². The van der Waals surface area contributed by atoms with E-state index in [2.05, 4.69) is 20.7 Å². The second-order valence-corrected chi connectivity index (χ2v) is 5.12. The normalized spacial score (nSPS) is 10.2. The molecule has 0 saturated carbocycles. The third-order valence-electron chi connectivity index (χ3n) is 2.83. The lowest BCUT2D eigenvalue weighted by molar-refractivity contribution is 0.0600. The standard InChI is InChI=1S/C15H13BrFNO3/c1-20-15(19)9-3-5-14(13(18)6-9)21-8-10-2-4-11(17)7-12(10)16/h2-7H,8,18H2,1H3. The van der Waals surface area contributed by atoms with E-state index >= 15 is 0 Å². The van der Waals surface area contributed by atoms with Crippen molar-refractivity contribution >= 4 is 27.6 Å². The van der Waals surface area contributed by atoms with Gasteiger partial charge in [0.25, 0.3) is 0 Å². The van der Waals surface area contributed by atoms with E-state index in [0.29, 0.717) is 21.5 Å². The molecule has 2 rings (SSSR count). The molecule has 0 aliphatic carbocycles. The number of esters is 1. The molecule has 4 nitrogen and oxygen atoms in total. The quantitative estimate of drug-likeness (QED) is 0.674. The summed E-state index contributed by atoms with van der Waals surface area (Å²) >= 11 is 3.27. The van der Waals surface area contributed by atoms with E-state index in [4.69, 9.17) is 10.5 Å². The molecule has 0 radical (unpaired) electrons. The van der Waals surface area contributed by atoms with Crippen LogP contribution in [-0.4, -0.2) is 13.1 Å².